The third-order valence-electron chi connectivity index (χ3n) is 8.16. The number of benzene rings is 2. The van der Waals surface area contributed by atoms with Gasteiger partial charge in [-0.25, -0.2) is 4.98 Å². The van der Waals surface area contributed by atoms with Gasteiger partial charge in [0.05, 0.1) is 11.1 Å². The first-order valence-electron chi connectivity index (χ1n) is 12.4. The zero-order valence-electron chi connectivity index (χ0n) is 19.3. The van der Waals surface area contributed by atoms with E-state index in [0.717, 1.165) is 54.1 Å². The molecule has 4 atom stereocenters. The average Bonchev–Trinajstić information content (AvgIpc) is 3.03. The topological polar surface area (TPSA) is 59.4 Å². The number of ether oxygens (including phenoxy) is 1. The number of carbonyl (C=O) groups is 1. The van der Waals surface area contributed by atoms with Gasteiger partial charge in [0.15, 0.2) is 5.78 Å². The van der Waals surface area contributed by atoms with Crippen molar-refractivity contribution in [2.24, 2.45) is 23.7 Å². The molecular formula is C29H28ClNO3. The molecular weight excluding hydrogens is 446 g/mol. The zero-order chi connectivity index (χ0) is 23.4. The molecule has 3 fully saturated rings. The van der Waals surface area contributed by atoms with E-state index in [4.69, 9.17) is 16.3 Å². The van der Waals surface area contributed by atoms with E-state index < -0.39 is 0 Å². The number of ketones is 1. The van der Waals surface area contributed by atoms with Crippen LogP contribution in [0, 0.1) is 23.7 Å². The highest BCUT2D eigenvalue weighted by Crippen LogP contribution is 2.55. The summed E-state index contributed by atoms with van der Waals surface area (Å²) in [6, 6.07) is 15.1. The van der Waals surface area contributed by atoms with E-state index in [9.17, 15) is 9.90 Å². The molecule has 0 saturated heterocycles. The molecule has 1 heterocycles. The lowest BCUT2D eigenvalue weighted by atomic mass is 9.68. The van der Waals surface area contributed by atoms with Gasteiger partial charge in [-0.2, -0.15) is 0 Å². The van der Waals surface area contributed by atoms with Crippen LogP contribution in [0.1, 0.15) is 50.2 Å². The second kappa shape index (κ2) is 8.42. The van der Waals surface area contributed by atoms with Gasteiger partial charge in [0.1, 0.15) is 11.5 Å². The van der Waals surface area contributed by atoms with E-state index in [0.29, 0.717) is 39.8 Å². The fourth-order valence-corrected chi connectivity index (χ4v) is 6.76. The highest BCUT2D eigenvalue weighted by Gasteiger charge is 2.53. The standard InChI is InChI=1S/C29H28ClNO3/c1-2-16-8-11-21(34-24-13-9-19-14-20(30)10-12-23(19)31-24)15-22(16)27-28(32)25-17-4-3-5-18(7-6-17)26(25)29(27)33/h8-15,17-18,25-26,32H,2-7H2,1H3. The number of Topliss-reactive ketones (excluding diaryl/α,β-unsaturated/α-hetero) is 1. The first-order chi connectivity index (χ1) is 16.5. The first-order valence-corrected chi connectivity index (χ1v) is 12.8. The smallest absolute Gasteiger partial charge is 0.219 e. The third-order valence-corrected chi connectivity index (χ3v) is 8.40. The highest BCUT2D eigenvalue weighted by molar-refractivity contribution is 6.31. The van der Waals surface area contributed by atoms with Crippen molar-refractivity contribution in [1.82, 2.24) is 4.98 Å². The van der Waals surface area contributed by atoms with Crippen molar-refractivity contribution in [2.75, 3.05) is 0 Å². The molecule has 7 rings (SSSR count). The molecule has 1 N–H and O–H groups in total. The fraction of sp³-hybridized carbons (Fsp3) is 0.379. The Morgan fingerprint density at radius 3 is 2.59 bits per heavy atom. The minimum Gasteiger partial charge on any atom is -0.511 e. The van der Waals surface area contributed by atoms with E-state index in [1.807, 2.05) is 48.5 Å². The van der Waals surface area contributed by atoms with Crippen LogP contribution in [0.5, 0.6) is 11.6 Å². The van der Waals surface area contributed by atoms with Gasteiger partial charge in [-0.05, 0) is 91.5 Å². The van der Waals surface area contributed by atoms with Crippen molar-refractivity contribution in [3.05, 3.63) is 70.4 Å². The normalized spacial score (nSPS) is 26.1. The van der Waals surface area contributed by atoms with Crippen molar-refractivity contribution < 1.29 is 14.6 Å². The van der Waals surface area contributed by atoms with Crippen molar-refractivity contribution in [2.45, 2.75) is 45.4 Å². The summed E-state index contributed by atoms with van der Waals surface area (Å²) in [6.07, 6.45) is 6.40. The van der Waals surface area contributed by atoms with E-state index in [-0.39, 0.29) is 17.6 Å². The number of pyridine rings is 1. The molecule has 174 valence electrons. The minimum atomic E-state index is -0.0560. The molecule has 2 aromatic carbocycles. The van der Waals surface area contributed by atoms with Gasteiger partial charge in [-0.3, -0.25) is 4.79 Å². The van der Waals surface area contributed by atoms with Crippen LogP contribution in [-0.2, 0) is 11.2 Å². The largest absolute Gasteiger partial charge is 0.511 e. The second-order valence-electron chi connectivity index (χ2n) is 9.97. The zero-order valence-corrected chi connectivity index (χ0v) is 20.0. The van der Waals surface area contributed by atoms with Crippen molar-refractivity contribution in [1.29, 1.82) is 0 Å². The van der Waals surface area contributed by atoms with Crippen LogP contribution >= 0.6 is 11.6 Å². The fourth-order valence-electron chi connectivity index (χ4n) is 6.58. The van der Waals surface area contributed by atoms with Gasteiger partial charge in [-0.15, -0.1) is 0 Å². The van der Waals surface area contributed by atoms with Crippen molar-refractivity contribution in [3.63, 3.8) is 0 Å². The molecule has 3 aromatic rings. The molecule has 4 aliphatic rings. The number of hydrogen-bond donors (Lipinski definition) is 1. The molecule has 2 bridgehead atoms. The summed E-state index contributed by atoms with van der Waals surface area (Å²) in [4.78, 5) is 18.3. The molecule has 0 radical (unpaired) electrons. The summed E-state index contributed by atoms with van der Waals surface area (Å²) in [5.41, 5.74) is 3.18. The predicted molar refractivity (Wildman–Crippen MR) is 134 cm³/mol. The lowest BCUT2D eigenvalue weighted by Crippen LogP contribution is -2.34. The SMILES string of the molecule is CCc1ccc(Oc2ccc3cc(Cl)ccc3n2)cc1C1=C(O)C2C3CCCC(CC3)C2C1=O. The quantitative estimate of drug-likeness (QED) is 0.425. The van der Waals surface area contributed by atoms with E-state index in [1.165, 1.54) is 6.42 Å². The predicted octanol–water partition coefficient (Wildman–Crippen LogP) is 7.54. The maximum atomic E-state index is 13.7. The van der Waals surface area contributed by atoms with Gasteiger partial charge in [0, 0.05) is 28.3 Å². The van der Waals surface area contributed by atoms with E-state index in [1.54, 1.807) is 0 Å². The second-order valence-corrected chi connectivity index (χ2v) is 10.4. The minimum absolute atomic E-state index is 0.00740. The molecule has 0 aliphatic heterocycles. The Kier molecular flexibility index (Phi) is 5.37. The van der Waals surface area contributed by atoms with Crippen LogP contribution in [0.2, 0.25) is 5.02 Å². The first kappa shape index (κ1) is 21.7. The van der Waals surface area contributed by atoms with Crippen LogP contribution in [0.15, 0.2) is 54.3 Å². The van der Waals surface area contributed by atoms with Crippen molar-refractivity contribution >= 4 is 33.9 Å². The Hall–Kier alpha value is -2.85. The van der Waals surface area contributed by atoms with Crippen LogP contribution in [0.3, 0.4) is 0 Å². The molecule has 0 amide bonds. The van der Waals surface area contributed by atoms with E-state index in [2.05, 4.69) is 11.9 Å². The number of hydrogen-bond acceptors (Lipinski definition) is 4. The summed E-state index contributed by atoms with van der Waals surface area (Å²) >= 11 is 6.08. The summed E-state index contributed by atoms with van der Waals surface area (Å²) in [7, 11) is 0. The number of carbonyl (C=O) groups excluding carboxylic acids is 1. The van der Waals surface area contributed by atoms with Crippen LogP contribution < -0.4 is 4.74 Å². The Morgan fingerprint density at radius 1 is 1.00 bits per heavy atom. The molecule has 0 spiro atoms. The lowest BCUT2D eigenvalue weighted by molar-refractivity contribution is -0.120. The molecule has 4 unspecified atom stereocenters. The summed E-state index contributed by atoms with van der Waals surface area (Å²) in [5.74, 6) is 2.29. The number of rotatable bonds is 4. The van der Waals surface area contributed by atoms with E-state index >= 15 is 0 Å². The number of fused-ring (bicyclic) bond motifs is 4. The number of nitrogens with zero attached hydrogens (tertiary/aromatic N) is 1. The van der Waals surface area contributed by atoms with Gasteiger partial charge in [0.2, 0.25) is 5.88 Å². The summed E-state index contributed by atoms with van der Waals surface area (Å²) in [5, 5.41) is 13.0. The molecule has 1 aromatic heterocycles. The van der Waals surface area contributed by atoms with Crippen LogP contribution in [0.4, 0.5) is 0 Å². The number of aliphatic hydroxyl groups excluding tert-OH is 1. The van der Waals surface area contributed by atoms with Crippen LogP contribution in [0.25, 0.3) is 16.5 Å². The Labute approximate surface area is 204 Å². The maximum absolute atomic E-state index is 13.7. The van der Waals surface area contributed by atoms with Gasteiger partial charge < -0.3 is 9.84 Å². The van der Waals surface area contributed by atoms with Gasteiger partial charge in [-0.1, -0.05) is 31.0 Å². The molecule has 34 heavy (non-hydrogen) atoms. The van der Waals surface area contributed by atoms with Gasteiger partial charge >= 0.3 is 0 Å². The van der Waals surface area contributed by atoms with Crippen molar-refractivity contribution in [3.8, 4) is 11.6 Å². The Morgan fingerprint density at radius 2 is 1.79 bits per heavy atom. The monoisotopic (exact) mass is 473 g/mol. The molecule has 3 saturated carbocycles. The number of aryl methyl sites for hydroxylation is 1. The number of aliphatic hydroxyl groups is 1. The average molecular weight is 474 g/mol. The maximum Gasteiger partial charge on any atom is 0.219 e. The highest BCUT2D eigenvalue weighted by atomic mass is 35.5. The summed E-state index contributed by atoms with van der Waals surface area (Å²) < 4.78 is 6.12. The Bertz CT molecular complexity index is 1330. The molecule has 4 aliphatic carbocycles. The summed E-state index contributed by atoms with van der Waals surface area (Å²) in [6.45, 7) is 2.08. The number of halogens is 1. The number of allylic oxidation sites excluding steroid dienone is 2. The lowest BCUT2D eigenvalue weighted by Gasteiger charge is -2.35. The Balaban J connectivity index is 1.38. The molecule has 4 nitrogen and oxygen atoms in total. The third kappa shape index (κ3) is 3.51. The van der Waals surface area contributed by atoms with Gasteiger partial charge in [0.25, 0.3) is 0 Å². The molecule has 5 heteroatoms. The number of aromatic nitrogens is 1. The van der Waals surface area contributed by atoms with Crippen LogP contribution in [-0.4, -0.2) is 15.9 Å².